The van der Waals surface area contributed by atoms with Gasteiger partial charge in [0.1, 0.15) is 12.2 Å². The van der Waals surface area contributed by atoms with E-state index < -0.39 is 21.9 Å². The van der Waals surface area contributed by atoms with Gasteiger partial charge in [0.25, 0.3) is 10.0 Å². The molecular weight excluding hydrogens is 458 g/mol. The molecule has 0 saturated carbocycles. The van der Waals surface area contributed by atoms with Crippen molar-refractivity contribution in [2.45, 2.75) is 11.4 Å². The summed E-state index contributed by atoms with van der Waals surface area (Å²) >= 11 is 0. The second kappa shape index (κ2) is 8.27. The van der Waals surface area contributed by atoms with Crippen molar-refractivity contribution in [2.24, 2.45) is 0 Å². The van der Waals surface area contributed by atoms with Crippen molar-refractivity contribution in [1.82, 2.24) is 20.3 Å². The highest BCUT2D eigenvalue weighted by Gasteiger charge is 2.36. The molecule has 1 aliphatic rings. The molecule has 5 rings (SSSR count). The molecule has 0 atom stereocenters. The second-order valence-corrected chi connectivity index (χ2v) is 9.41. The zero-order valence-corrected chi connectivity index (χ0v) is 18.8. The Kier molecular flexibility index (Phi) is 5.25. The van der Waals surface area contributed by atoms with Gasteiger partial charge in [0.15, 0.2) is 0 Å². The minimum atomic E-state index is -3.83. The van der Waals surface area contributed by atoms with E-state index in [-0.39, 0.29) is 18.0 Å². The van der Waals surface area contributed by atoms with Crippen LogP contribution in [0.5, 0.6) is 0 Å². The number of rotatable bonds is 6. The van der Waals surface area contributed by atoms with E-state index >= 15 is 0 Å². The van der Waals surface area contributed by atoms with Gasteiger partial charge in [0.2, 0.25) is 5.91 Å². The Morgan fingerprint density at radius 2 is 1.74 bits per heavy atom. The van der Waals surface area contributed by atoms with Gasteiger partial charge in [-0.3, -0.25) is 9.10 Å². The molecule has 4 aromatic rings. The summed E-state index contributed by atoms with van der Waals surface area (Å²) in [5.41, 5.74) is 1.71. The van der Waals surface area contributed by atoms with Crippen LogP contribution in [-0.4, -0.2) is 48.9 Å². The molecular formula is C23H19N5O5S. The molecule has 10 nitrogen and oxygen atoms in total. The lowest BCUT2D eigenvalue weighted by Gasteiger charge is -2.18. The highest BCUT2D eigenvalue weighted by molar-refractivity contribution is 7.93. The van der Waals surface area contributed by atoms with E-state index in [9.17, 15) is 18.0 Å². The number of aromatic nitrogens is 3. The highest BCUT2D eigenvalue weighted by Crippen LogP contribution is 2.41. The summed E-state index contributed by atoms with van der Waals surface area (Å²) in [5, 5.41) is 12.1. The van der Waals surface area contributed by atoms with Gasteiger partial charge in [-0.05, 0) is 29.7 Å². The van der Waals surface area contributed by atoms with Crippen LogP contribution in [0.3, 0.4) is 0 Å². The molecule has 1 N–H and O–H groups in total. The molecule has 1 aliphatic heterocycles. The molecule has 2 heterocycles. The van der Waals surface area contributed by atoms with Crippen molar-refractivity contribution < 1.29 is 22.7 Å². The largest absolute Gasteiger partial charge is 0.465 e. The molecule has 0 aliphatic carbocycles. The molecule has 3 aromatic carbocycles. The van der Waals surface area contributed by atoms with E-state index in [1.807, 2.05) is 12.1 Å². The van der Waals surface area contributed by atoms with Crippen LogP contribution < -0.4 is 9.62 Å². The molecule has 1 amide bonds. The number of benzene rings is 3. The minimum absolute atomic E-state index is 0.0320. The fraction of sp³-hybridized carbons (Fsp3) is 0.130. The summed E-state index contributed by atoms with van der Waals surface area (Å²) in [6.45, 7) is -0.334. The molecule has 0 unspecified atom stereocenters. The predicted octanol–water partition coefficient (Wildman–Crippen LogP) is 2.03. The number of para-hydroxylation sites is 1. The van der Waals surface area contributed by atoms with Gasteiger partial charge in [-0.15, -0.1) is 5.10 Å². The van der Waals surface area contributed by atoms with Crippen molar-refractivity contribution in [3.05, 3.63) is 78.1 Å². The first-order valence-corrected chi connectivity index (χ1v) is 11.7. The molecule has 0 fully saturated rings. The van der Waals surface area contributed by atoms with Crippen LogP contribution in [0.2, 0.25) is 0 Å². The highest BCUT2D eigenvalue weighted by atomic mass is 32.2. The van der Waals surface area contributed by atoms with Gasteiger partial charge >= 0.3 is 5.97 Å². The standard InChI is InChI=1S/C23H19N5O5S/c1-33-23(30)17-8-2-3-9-18(17)27-13-16(25-26-27)12-24-21(29)14-28-19-10-4-6-15-7-5-11-20(22(15)19)34(28,31)32/h2-11,13H,12,14H2,1H3,(H,24,29). The predicted molar refractivity (Wildman–Crippen MR) is 123 cm³/mol. The normalized spacial score (nSPS) is 13.7. The maximum atomic E-state index is 13.0. The molecule has 34 heavy (non-hydrogen) atoms. The van der Waals surface area contributed by atoms with Crippen molar-refractivity contribution in [3.63, 3.8) is 0 Å². The number of amides is 1. The quantitative estimate of drug-likeness (QED) is 0.422. The smallest absolute Gasteiger partial charge is 0.340 e. The maximum Gasteiger partial charge on any atom is 0.340 e. The molecule has 0 bridgehead atoms. The first-order chi connectivity index (χ1) is 16.4. The SMILES string of the molecule is COC(=O)c1ccccc1-n1cc(CNC(=O)CN2c3cccc4cccc(c34)S2(=O)=O)nn1. The van der Waals surface area contributed by atoms with Crippen LogP contribution in [0.15, 0.2) is 71.8 Å². The maximum absolute atomic E-state index is 13.0. The second-order valence-electron chi connectivity index (χ2n) is 7.58. The summed E-state index contributed by atoms with van der Waals surface area (Å²) in [5.74, 6) is -0.998. The average molecular weight is 478 g/mol. The number of carbonyl (C=O) groups is 2. The molecule has 0 spiro atoms. The summed E-state index contributed by atoms with van der Waals surface area (Å²) in [6, 6.07) is 17.1. The number of ether oxygens (including phenoxy) is 1. The number of hydrogen-bond donors (Lipinski definition) is 1. The fourth-order valence-electron chi connectivity index (χ4n) is 3.96. The van der Waals surface area contributed by atoms with Crippen LogP contribution in [0.25, 0.3) is 16.5 Å². The Morgan fingerprint density at radius 3 is 2.53 bits per heavy atom. The van der Waals surface area contributed by atoms with Gasteiger partial charge in [0, 0.05) is 5.39 Å². The number of methoxy groups -OCH3 is 1. The van der Waals surface area contributed by atoms with Crippen molar-refractivity contribution in [2.75, 3.05) is 18.0 Å². The number of nitrogens with zero attached hydrogens (tertiary/aromatic N) is 4. The van der Waals surface area contributed by atoms with Gasteiger partial charge in [0.05, 0.1) is 41.7 Å². The number of esters is 1. The van der Waals surface area contributed by atoms with Crippen molar-refractivity contribution in [3.8, 4) is 5.69 Å². The van der Waals surface area contributed by atoms with E-state index in [0.29, 0.717) is 28.0 Å². The first-order valence-electron chi connectivity index (χ1n) is 10.3. The van der Waals surface area contributed by atoms with Crippen LogP contribution in [0.1, 0.15) is 16.1 Å². The van der Waals surface area contributed by atoms with Crippen molar-refractivity contribution >= 4 is 38.4 Å². The minimum Gasteiger partial charge on any atom is -0.465 e. The third-order valence-corrected chi connectivity index (χ3v) is 7.33. The van der Waals surface area contributed by atoms with Crippen molar-refractivity contribution in [1.29, 1.82) is 0 Å². The number of sulfonamides is 1. The van der Waals surface area contributed by atoms with E-state index in [0.717, 1.165) is 9.69 Å². The first kappa shape index (κ1) is 21.6. The Bertz CT molecular complexity index is 1540. The molecule has 1 aromatic heterocycles. The Labute approximate surface area is 194 Å². The Balaban J connectivity index is 1.31. The number of nitrogens with one attached hydrogen (secondary N) is 1. The van der Waals surface area contributed by atoms with Crippen LogP contribution in [0, 0.1) is 0 Å². The summed E-state index contributed by atoms with van der Waals surface area (Å²) in [7, 11) is -2.53. The monoisotopic (exact) mass is 477 g/mol. The Hall–Kier alpha value is -4.25. The van der Waals surface area contributed by atoms with Gasteiger partial charge in [-0.2, -0.15) is 0 Å². The lowest BCUT2D eigenvalue weighted by molar-refractivity contribution is -0.119. The van der Waals surface area contributed by atoms with E-state index in [1.165, 1.54) is 11.8 Å². The van der Waals surface area contributed by atoms with Crippen LogP contribution >= 0.6 is 0 Å². The summed E-state index contributed by atoms with van der Waals surface area (Å²) in [4.78, 5) is 24.9. The summed E-state index contributed by atoms with van der Waals surface area (Å²) in [6.07, 6.45) is 1.57. The molecule has 0 saturated heterocycles. The third kappa shape index (κ3) is 3.55. The van der Waals surface area contributed by atoms with Gasteiger partial charge in [-0.25, -0.2) is 17.9 Å². The topological polar surface area (TPSA) is 123 Å². The average Bonchev–Trinajstić information content (AvgIpc) is 3.41. The van der Waals surface area contributed by atoms with Gasteiger partial charge in [-0.1, -0.05) is 41.6 Å². The van der Waals surface area contributed by atoms with Gasteiger partial charge < -0.3 is 10.1 Å². The number of anilines is 1. The van der Waals surface area contributed by atoms with E-state index in [2.05, 4.69) is 15.6 Å². The number of carbonyl (C=O) groups excluding carboxylic acids is 2. The zero-order chi connectivity index (χ0) is 23.9. The summed E-state index contributed by atoms with van der Waals surface area (Å²) < 4.78 is 33.4. The lowest BCUT2D eigenvalue weighted by atomic mass is 10.1. The Morgan fingerprint density at radius 1 is 1.00 bits per heavy atom. The fourth-order valence-corrected chi connectivity index (χ4v) is 5.62. The van der Waals surface area contributed by atoms with Crippen LogP contribution in [0.4, 0.5) is 5.69 Å². The molecule has 0 radical (unpaired) electrons. The molecule has 11 heteroatoms. The molecule has 172 valence electrons. The van der Waals surface area contributed by atoms with E-state index in [4.69, 9.17) is 4.74 Å². The number of hydrogen-bond acceptors (Lipinski definition) is 7. The van der Waals surface area contributed by atoms with Crippen LogP contribution in [-0.2, 0) is 26.1 Å². The van der Waals surface area contributed by atoms with E-state index in [1.54, 1.807) is 54.7 Å². The third-order valence-electron chi connectivity index (χ3n) is 5.53. The lowest BCUT2D eigenvalue weighted by Crippen LogP contribution is -2.38. The zero-order valence-electron chi connectivity index (χ0n) is 18.0.